The molecule has 0 bridgehead atoms. The minimum Gasteiger partial charge on any atom is -0.480 e. The topological polar surface area (TPSA) is 93.4 Å². The van der Waals surface area contributed by atoms with Gasteiger partial charge >= 0.3 is 6.03 Å². The zero-order valence-corrected chi connectivity index (χ0v) is 13.9. The number of rotatable bonds is 6. The Bertz CT molecular complexity index is 534. The molecule has 1 aromatic rings. The number of urea groups is 1. The number of primary amides is 1. The second kappa shape index (κ2) is 7.99. The van der Waals surface area contributed by atoms with E-state index in [9.17, 15) is 9.59 Å². The number of benzene rings is 1. The van der Waals surface area contributed by atoms with E-state index in [0.29, 0.717) is 12.3 Å². The molecular formula is C14H20BrN3O3. The summed E-state index contributed by atoms with van der Waals surface area (Å²) >= 11 is 3.44. The third kappa shape index (κ3) is 5.35. The van der Waals surface area contributed by atoms with E-state index in [-0.39, 0.29) is 0 Å². The summed E-state index contributed by atoms with van der Waals surface area (Å²) in [6.07, 6.45) is -0.822. The molecule has 1 aromatic carbocycles. The largest absolute Gasteiger partial charge is 0.480 e. The second-order valence-corrected chi connectivity index (χ2v) is 5.52. The number of nitrogens with one attached hydrogen (secondary N) is 2. The molecule has 1 unspecified atom stereocenters. The van der Waals surface area contributed by atoms with E-state index in [1.165, 1.54) is 0 Å². The van der Waals surface area contributed by atoms with Crippen molar-refractivity contribution in [2.45, 2.75) is 33.4 Å². The number of carbonyl (C=O) groups excluding carboxylic acids is 2. The maximum absolute atomic E-state index is 11.7. The molecule has 7 heteroatoms. The first kappa shape index (κ1) is 17.5. The Morgan fingerprint density at radius 3 is 2.67 bits per heavy atom. The van der Waals surface area contributed by atoms with Crippen molar-refractivity contribution in [2.75, 3.05) is 6.54 Å². The lowest BCUT2D eigenvalue weighted by atomic mass is 10.1. The van der Waals surface area contributed by atoms with Crippen molar-refractivity contribution in [1.29, 1.82) is 0 Å². The quantitative estimate of drug-likeness (QED) is 0.723. The Morgan fingerprint density at radius 1 is 1.43 bits per heavy atom. The summed E-state index contributed by atoms with van der Waals surface area (Å²) < 4.78 is 6.65. The highest BCUT2D eigenvalue weighted by Crippen LogP contribution is 2.29. The Hall–Kier alpha value is -1.60. The van der Waals surface area contributed by atoms with Crippen molar-refractivity contribution >= 4 is 27.9 Å². The summed E-state index contributed by atoms with van der Waals surface area (Å²) in [4.78, 5) is 22.4. The zero-order valence-electron chi connectivity index (χ0n) is 12.3. The lowest BCUT2D eigenvalue weighted by Gasteiger charge is -2.19. The van der Waals surface area contributed by atoms with Gasteiger partial charge in [-0.05, 0) is 38.1 Å². The van der Waals surface area contributed by atoms with Crippen LogP contribution in [0.5, 0.6) is 5.75 Å². The first-order valence-corrected chi connectivity index (χ1v) is 7.41. The van der Waals surface area contributed by atoms with Gasteiger partial charge in [-0.2, -0.15) is 0 Å². The molecule has 0 spiro atoms. The first-order valence-electron chi connectivity index (χ1n) is 6.61. The van der Waals surface area contributed by atoms with Gasteiger partial charge in [-0.25, -0.2) is 4.79 Å². The van der Waals surface area contributed by atoms with Crippen LogP contribution in [0.25, 0.3) is 0 Å². The lowest BCUT2D eigenvalue weighted by molar-refractivity contribution is -0.126. The molecule has 1 rings (SSSR count). The highest BCUT2D eigenvalue weighted by atomic mass is 79.9. The molecule has 0 fully saturated rings. The molecular weight excluding hydrogens is 338 g/mol. The van der Waals surface area contributed by atoms with Crippen LogP contribution in [0, 0.1) is 6.92 Å². The fourth-order valence-corrected chi connectivity index (χ4v) is 2.43. The van der Waals surface area contributed by atoms with Crippen LogP contribution >= 0.6 is 15.9 Å². The zero-order chi connectivity index (χ0) is 16.0. The smallest absolute Gasteiger partial charge is 0.318 e. The van der Waals surface area contributed by atoms with Crippen molar-refractivity contribution in [3.63, 3.8) is 0 Å². The van der Waals surface area contributed by atoms with Crippen LogP contribution in [0.4, 0.5) is 4.79 Å². The van der Waals surface area contributed by atoms with Crippen molar-refractivity contribution < 1.29 is 14.3 Å². The second-order valence-electron chi connectivity index (χ2n) is 4.60. The molecule has 0 aromatic heterocycles. The number of carbonyl (C=O) groups is 2. The van der Waals surface area contributed by atoms with E-state index in [1.807, 2.05) is 31.3 Å². The van der Waals surface area contributed by atoms with Gasteiger partial charge < -0.3 is 15.8 Å². The third-order valence-electron chi connectivity index (χ3n) is 2.79. The van der Waals surface area contributed by atoms with Crippen molar-refractivity contribution in [1.82, 2.24) is 10.6 Å². The Labute approximate surface area is 132 Å². The average Bonchev–Trinajstić information content (AvgIpc) is 2.38. The highest BCUT2D eigenvalue weighted by molar-refractivity contribution is 9.10. The molecule has 0 aliphatic rings. The fraction of sp³-hybridized carbons (Fsp3) is 0.429. The van der Waals surface area contributed by atoms with E-state index < -0.39 is 18.0 Å². The molecule has 0 saturated heterocycles. The Morgan fingerprint density at radius 2 is 2.10 bits per heavy atom. The molecule has 4 N–H and O–H groups in total. The van der Waals surface area contributed by atoms with Crippen molar-refractivity contribution in [3.05, 3.63) is 27.7 Å². The van der Waals surface area contributed by atoms with Gasteiger partial charge in [-0.1, -0.05) is 22.9 Å². The fourth-order valence-electron chi connectivity index (χ4n) is 1.81. The number of hydrogen-bond donors (Lipinski definition) is 3. The SMILES string of the molecule is CCNCc1cc(Br)cc(C)c1OC(C)C(=O)NC(N)=O. The van der Waals surface area contributed by atoms with Crippen LogP contribution in [0.2, 0.25) is 0 Å². The maximum Gasteiger partial charge on any atom is 0.318 e. The molecule has 6 nitrogen and oxygen atoms in total. The van der Waals surface area contributed by atoms with E-state index in [1.54, 1.807) is 6.92 Å². The minimum absolute atomic E-state index is 0.570. The van der Waals surface area contributed by atoms with Gasteiger partial charge in [0.15, 0.2) is 6.10 Å². The molecule has 0 aliphatic carbocycles. The molecule has 1 atom stereocenters. The van der Waals surface area contributed by atoms with Crippen LogP contribution in [-0.2, 0) is 11.3 Å². The van der Waals surface area contributed by atoms with E-state index >= 15 is 0 Å². The number of aryl methyl sites for hydroxylation is 1. The van der Waals surface area contributed by atoms with E-state index in [4.69, 9.17) is 10.5 Å². The Kier molecular flexibility index (Phi) is 6.64. The standard InChI is InChI=1S/C14H20BrN3O3/c1-4-17-7-10-6-11(15)5-8(2)12(10)21-9(3)13(19)18-14(16)20/h5-6,9,17H,4,7H2,1-3H3,(H3,16,18,19,20). The molecule has 0 heterocycles. The molecule has 0 radical (unpaired) electrons. The first-order chi connectivity index (χ1) is 9.85. The summed E-state index contributed by atoms with van der Waals surface area (Å²) in [5.74, 6) is 0.0606. The number of amides is 3. The summed E-state index contributed by atoms with van der Waals surface area (Å²) in [6, 6.07) is 2.95. The van der Waals surface area contributed by atoms with Crippen LogP contribution < -0.4 is 21.1 Å². The van der Waals surface area contributed by atoms with Gasteiger partial charge in [0.25, 0.3) is 5.91 Å². The number of ether oxygens (including phenoxy) is 1. The summed E-state index contributed by atoms with van der Waals surface area (Å²) in [5, 5.41) is 5.22. The average molecular weight is 358 g/mol. The maximum atomic E-state index is 11.7. The van der Waals surface area contributed by atoms with E-state index in [2.05, 4.69) is 21.2 Å². The van der Waals surface area contributed by atoms with Crippen LogP contribution in [-0.4, -0.2) is 24.6 Å². The highest BCUT2D eigenvalue weighted by Gasteiger charge is 2.19. The van der Waals surface area contributed by atoms with Gasteiger partial charge in [0, 0.05) is 16.6 Å². The van der Waals surface area contributed by atoms with Crippen molar-refractivity contribution in [2.24, 2.45) is 5.73 Å². The lowest BCUT2D eigenvalue weighted by Crippen LogP contribution is -2.42. The van der Waals surface area contributed by atoms with Gasteiger partial charge in [0.1, 0.15) is 5.75 Å². The predicted octanol–water partition coefficient (Wildman–Crippen LogP) is 1.83. The summed E-state index contributed by atoms with van der Waals surface area (Å²) in [7, 11) is 0. The minimum atomic E-state index is -0.893. The van der Waals surface area contributed by atoms with Gasteiger partial charge in [-0.15, -0.1) is 0 Å². The van der Waals surface area contributed by atoms with Gasteiger partial charge in [-0.3, -0.25) is 10.1 Å². The predicted molar refractivity (Wildman–Crippen MR) is 84.1 cm³/mol. The van der Waals surface area contributed by atoms with Crippen LogP contribution in [0.15, 0.2) is 16.6 Å². The van der Waals surface area contributed by atoms with Crippen molar-refractivity contribution in [3.8, 4) is 5.75 Å². The number of nitrogens with two attached hydrogens (primary N) is 1. The summed E-state index contributed by atoms with van der Waals surface area (Å²) in [5.41, 5.74) is 6.76. The summed E-state index contributed by atoms with van der Waals surface area (Å²) in [6.45, 7) is 6.92. The number of halogens is 1. The monoisotopic (exact) mass is 357 g/mol. The molecule has 3 amide bonds. The van der Waals surface area contributed by atoms with E-state index in [0.717, 1.165) is 22.1 Å². The van der Waals surface area contributed by atoms with Crippen LogP contribution in [0.1, 0.15) is 25.0 Å². The van der Waals surface area contributed by atoms with Gasteiger partial charge in [0.2, 0.25) is 0 Å². The van der Waals surface area contributed by atoms with Gasteiger partial charge in [0.05, 0.1) is 0 Å². The Balaban J connectivity index is 2.95. The normalized spacial score (nSPS) is 11.8. The van der Waals surface area contributed by atoms with Crippen LogP contribution in [0.3, 0.4) is 0 Å². The molecule has 21 heavy (non-hydrogen) atoms. The number of hydrogen-bond acceptors (Lipinski definition) is 4. The molecule has 0 saturated carbocycles. The molecule has 116 valence electrons. The third-order valence-corrected chi connectivity index (χ3v) is 3.25. The number of imide groups is 1. The molecule has 0 aliphatic heterocycles.